The maximum absolute atomic E-state index is 4.56. The van der Waals surface area contributed by atoms with E-state index in [4.69, 9.17) is 0 Å². The molecule has 0 radical (unpaired) electrons. The summed E-state index contributed by atoms with van der Waals surface area (Å²) in [6, 6.07) is 5.06. The highest BCUT2D eigenvalue weighted by Gasteiger charge is 2.19. The van der Waals surface area contributed by atoms with Crippen molar-refractivity contribution in [3.8, 4) is 0 Å². The van der Waals surface area contributed by atoms with E-state index in [-0.39, 0.29) is 0 Å². The van der Waals surface area contributed by atoms with E-state index in [1.165, 1.54) is 18.4 Å². The molecule has 2 heterocycles. The van der Waals surface area contributed by atoms with Crippen LogP contribution in [0.15, 0.2) is 23.7 Å². The topological polar surface area (TPSA) is 41.1 Å². The molecule has 0 aliphatic heterocycles. The molecule has 1 fully saturated rings. The number of hydrogen-bond acceptors (Lipinski definition) is 5. The molecule has 0 spiro atoms. The predicted octanol–water partition coefficient (Wildman–Crippen LogP) is 2.73. The van der Waals surface area contributed by atoms with Gasteiger partial charge in [0.2, 0.25) is 0 Å². The van der Waals surface area contributed by atoms with Crippen LogP contribution in [0.5, 0.6) is 0 Å². The normalized spacial score (nSPS) is 14.8. The third kappa shape index (κ3) is 4.59. The van der Waals surface area contributed by atoms with E-state index in [9.17, 15) is 0 Å². The molecule has 1 aliphatic carbocycles. The minimum absolute atomic E-state index is 0.748. The molecule has 5 heteroatoms. The van der Waals surface area contributed by atoms with E-state index < -0.39 is 0 Å². The lowest BCUT2D eigenvalue weighted by Crippen LogP contribution is -2.19. The van der Waals surface area contributed by atoms with Crippen LogP contribution in [0, 0.1) is 6.92 Å². The van der Waals surface area contributed by atoms with Gasteiger partial charge in [0.25, 0.3) is 0 Å². The Kier molecular flexibility index (Phi) is 4.63. The first-order valence-electron chi connectivity index (χ1n) is 7.46. The maximum atomic E-state index is 4.56. The highest BCUT2D eigenvalue weighted by molar-refractivity contribution is 7.09. The second kappa shape index (κ2) is 6.64. The molecule has 0 amide bonds. The Labute approximate surface area is 130 Å². The van der Waals surface area contributed by atoms with Gasteiger partial charge in [0.15, 0.2) is 0 Å². The Balaban J connectivity index is 1.49. The van der Waals surface area contributed by atoms with Crippen LogP contribution in [-0.4, -0.2) is 28.0 Å². The zero-order valence-electron chi connectivity index (χ0n) is 12.7. The lowest BCUT2D eigenvalue weighted by molar-refractivity contribution is 0.311. The monoisotopic (exact) mass is 302 g/mol. The van der Waals surface area contributed by atoms with Crippen LogP contribution in [0.4, 0.5) is 0 Å². The van der Waals surface area contributed by atoms with Crippen LogP contribution in [0.1, 0.15) is 34.8 Å². The average molecular weight is 302 g/mol. The second-order valence-corrected chi connectivity index (χ2v) is 6.91. The fourth-order valence-corrected chi connectivity index (χ4v) is 2.90. The van der Waals surface area contributed by atoms with Crippen LogP contribution in [-0.2, 0) is 19.6 Å². The van der Waals surface area contributed by atoms with E-state index in [1.54, 1.807) is 11.3 Å². The second-order valence-electron chi connectivity index (χ2n) is 5.84. The Morgan fingerprint density at radius 1 is 1.29 bits per heavy atom. The zero-order chi connectivity index (χ0) is 14.7. The van der Waals surface area contributed by atoms with Crippen molar-refractivity contribution in [2.24, 2.45) is 0 Å². The molecular formula is C16H22N4S. The van der Waals surface area contributed by atoms with Gasteiger partial charge < -0.3 is 5.32 Å². The van der Waals surface area contributed by atoms with Crippen LogP contribution in [0.2, 0.25) is 0 Å². The summed E-state index contributed by atoms with van der Waals surface area (Å²) in [5.74, 6) is 0. The lowest BCUT2D eigenvalue weighted by Gasteiger charge is -2.15. The molecule has 0 aromatic carbocycles. The maximum Gasteiger partial charge on any atom is 0.0897 e. The minimum atomic E-state index is 0.748. The highest BCUT2D eigenvalue weighted by atomic mass is 32.1. The molecular weight excluding hydrogens is 280 g/mol. The first-order valence-corrected chi connectivity index (χ1v) is 8.34. The van der Waals surface area contributed by atoms with E-state index >= 15 is 0 Å². The molecule has 2 aromatic heterocycles. The van der Waals surface area contributed by atoms with Crippen molar-refractivity contribution in [3.05, 3.63) is 45.7 Å². The van der Waals surface area contributed by atoms with Gasteiger partial charge in [-0.25, -0.2) is 4.98 Å². The molecule has 0 bridgehead atoms. The van der Waals surface area contributed by atoms with E-state index in [0.29, 0.717) is 0 Å². The van der Waals surface area contributed by atoms with Crippen LogP contribution < -0.4 is 5.32 Å². The summed E-state index contributed by atoms with van der Waals surface area (Å²) in [5.41, 5.74) is 3.52. The van der Waals surface area contributed by atoms with Crippen molar-refractivity contribution in [1.82, 2.24) is 20.2 Å². The van der Waals surface area contributed by atoms with Crippen molar-refractivity contribution in [1.29, 1.82) is 0 Å². The van der Waals surface area contributed by atoms with Crippen molar-refractivity contribution in [3.63, 3.8) is 0 Å². The van der Waals surface area contributed by atoms with Crippen LogP contribution >= 0.6 is 11.3 Å². The number of aryl methyl sites for hydroxylation is 1. The number of aromatic nitrogens is 2. The third-order valence-electron chi connectivity index (χ3n) is 3.59. The van der Waals surface area contributed by atoms with Crippen LogP contribution in [0.25, 0.3) is 0 Å². The molecule has 112 valence electrons. The van der Waals surface area contributed by atoms with Gasteiger partial charge in [-0.1, -0.05) is 6.07 Å². The summed E-state index contributed by atoms with van der Waals surface area (Å²) in [6.45, 7) is 4.71. The van der Waals surface area contributed by atoms with Crippen molar-refractivity contribution >= 4 is 11.3 Å². The Bertz CT molecular complexity index is 574. The Morgan fingerprint density at radius 3 is 2.71 bits per heavy atom. The molecule has 21 heavy (non-hydrogen) atoms. The first kappa shape index (κ1) is 14.6. The smallest absolute Gasteiger partial charge is 0.0897 e. The lowest BCUT2D eigenvalue weighted by atomic mass is 10.2. The molecule has 1 saturated carbocycles. The van der Waals surface area contributed by atoms with Gasteiger partial charge in [-0.15, -0.1) is 11.3 Å². The predicted molar refractivity (Wildman–Crippen MR) is 86.1 cm³/mol. The van der Waals surface area contributed by atoms with E-state index in [1.807, 2.05) is 13.1 Å². The van der Waals surface area contributed by atoms with Gasteiger partial charge in [-0.3, -0.25) is 9.88 Å². The average Bonchev–Trinajstić information content (AvgIpc) is 3.21. The third-order valence-corrected chi connectivity index (χ3v) is 4.41. The summed E-state index contributed by atoms with van der Waals surface area (Å²) in [5, 5.41) is 6.77. The fraction of sp³-hybridized carbons (Fsp3) is 0.500. The van der Waals surface area contributed by atoms with Gasteiger partial charge in [0.05, 0.1) is 16.4 Å². The largest absolute Gasteiger partial charge is 0.310 e. The number of hydrogen-bond donors (Lipinski definition) is 1. The molecule has 0 unspecified atom stereocenters. The van der Waals surface area contributed by atoms with Crippen molar-refractivity contribution < 1.29 is 0 Å². The highest BCUT2D eigenvalue weighted by Crippen LogP contribution is 2.19. The summed E-state index contributed by atoms with van der Waals surface area (Å²) < 4.78 is 0. The molecule has 4 nitrogen and oxygen atoms in total. The molecule has 0 saturated heterocycles. The summed E-state index contributed by atoms with van der Waals surface area (Å²) in [4.78, 5) is 11.3. The molecule has 1 N–H and O–H groups in total. The molecule has 3 rings (SSSR count). The number of nitrogens with zero attached hydrogens (tertiary/aromatic N) is 3. The van der Waals surface area contributed by atoms with Gasteiger partial charge >= 0.3 is 0 Å². The van der Waals surface area contributed by atoms with Gasteiger partial charge in [0.1, 0.15) is 0 Å². The summed E-state index contributed by atoms with van der Waals surface area (Å²) >= 11 is 1.71. The van der Waals surface area contributed by atoms with Gasteiger partial charge in [0, 0.05) is 37.3 Å². The standard InChI is InChI=1S/C16H22N4S/c1-12-19-16(11-21-12)10-20(2)9-15-4-3-13(8-18-15)7-17-14-5-6-14/h3-4,8,11,14,17H,5-7,9-10H2,1-2H3. The Hall–Kier alpha value is -1.30. The summed E-state index contributed by atoms with van der Waals surface area (Å²) in [6.07, 6.45) is 4.64. The zero-order valence-corrected chi connectivity index (χ0v) is 13.5. The van der Waals surface area contributed by atoms with Crippen LogP contribution in [0.3, 0.4) is 0 Å². The SMILES string of the molecule is Cc1nc(CN(C)Cc2ccc(CNC3CC3)cn2)cs1. The number of rotatable bonds is 7. The number of nitrogens with one attached hydrogen (secondary N) is 1. The first-order chi connectivity index (χ1) is 10.2. The molecule has 1 aliphatic rings. The Morgan fingerprint density at radius 2 is 2.10 bits per heavy atom. The number of pyridine rings is 1. The van der Waals surface area contributed by atoms with E-state index in [2.05, 4.69) is 44.7 Å². The number of thiazole rings is 1. The minimum Gasteiger partial charge on any atom is -0.310 e. The summed E-state index contributed by atoms with van der Waals surface area (Å²) in [7, 11) is 2.11. The van der Waals surface area contributed by atoms with Gasteiger partial charge in [-0.05, 0) is 38.4 Å². The van der Waals surface area contributed by atoms with Gasteiger partial charge in [-0.2, -0.15) is 0 Å². The molecule has 0 atom stereocenters. The molecule has 2 aromatic rings. The fourth-order valence-electron chi connectivity index (χ4n) is 2.29. The van der Waals surface area contributed by atoms with Crippen molar-refractivity contribution in [2.75, 3.05) is 7.05 Å². The van der Waals surface area contributed by atoms with Crippen molar-refractivity contribution in [2.45, 2.75) is 45.4 Å². The quantitative estimate of drug-likeness (QED) is 0.854. The van der Waals surface area contributed by atoms with E-state index in [0.717, 1.165) is 42.1 Å².